The van der Waals surface area contributed by atoms with Crippen molar-refractivity contribution < 1.29 is 0 Å². The molecule has 90 valence electrons. The van der Waals surface area contributed by atoms with Crippen molar-refractivity contribution in [1.82, 2.24) is 14.8 Å². The highest BCUT2D eigenvalue weighted by molar-refractivity contribution is 7.15. The van der Waals surface area contributed by atoms with E-state index in [2.05, 4.69) is 31.9 Å². The topological polar surface area (TPSA) is 30.7 Å². The highest BCUT2D eigenvalue weighted by Gasteiger charge is 2.29. The third kappa shape index (κ3) is 1.90. The first-order valence-electron chi connectivity index (χ1n) is 6.21. The lowest BCUT2D eigenvalue weighted by molar-refractivity contribution is 0.654. The maximum atomic E-state index is 4.73. The lowest BCUT2D eigenvalue weighted by Crippen LogP contribution is -1.98. The fraction of sp³-hybridized carbons (Fsp3) is 0.538. The molecule has 1 aliphatic carbocycles. The monoisotopic (exact) mass is 247 g/mol. The lowest BCUT2D eigenvalue weighted by atomic mass is 10.3. The molecular weight excluding hydrogens is 230 g/mol. The van der Waals surface area contributed by atoms with Gasteiger partial charge in [-0.05, 0) is 45.2 Å². The molecule has 2 aromatic heterocycles. The van der Waals surface area contributed by atoms with E-state index in [9.17, 15) is 0 Å². The van der Waals surface area contributed by atoms with Gasteiger partial charge in [-0.1, -0.05) is 0 Å². The normalized spacial score (nSPS) is 15.5. The van der Waals surface area contributed by atoms with E-state index < -0.39 is 0 Å². The number of aromatic nitrogens is 3. The summed E-state index contributed by atoms with van der Waals surface area (Å²) in [6.07, 6.45) is 2.52. The van der Waals surface area contributed by atoms with Crippen LogP contribution in [0.15, 0.2) is 6.07 Å². The first-order valence-corrected chi connectivity index (χ1v) is 7.03. The first kappa shape index (κ1) is 11.0. The Kier molecular flexibility index (Phi) is 2.54. The van der Waals surface area contributed by atoms with Crippen LogP contribution >= 0.6 is 11.3 Å². The zero-order valence-electron chi connectivity index (χ0n) is 10.5. The molecule has 1 aliphatic rings. The summed E-state index contributed by atoms with van der Waals surface area (Å²) >= 11 is 1.82. The molecule has 0 aliphatic heterocycles. The Hall–Kier alpha value is -1.16. The molecule has 3 nitrogen and oxygen atoms in total. The second-order valence-electron chi connectivity index (χ2n) is 4.73. The molecule has 0 saturated heterocycles. The van der Waals surface area contributed by atoms with Gasteiger partial charge in [0.25, 0.3) is 0 Å². The van der Waals surface area contributed by atoms with Gasteiger partial charge in [-0.15, -0.1) is 11.3 Å². The van der Waals surface area contributed by atoms with Gasteiger partial charge in [0, 0.05) is 17.3 Å². The third-order valence-corrected chi connectivity index (χ3v) is 4.47. The minimum atomic E-state index is 0.628. The van der Waals surface area contributed by atoms with E-state index in [1.165, 1.54) is 28.2 Å². The molecule has 0 unspecified atom stereocenters. The Balaban J connectivity index is 2.05. The van der Waals surface area contributed by atoms with E-state index in [1.807, 2.05) is 16.0 Å². The van der Waals surface area contributed by atoms with Crippen molar-refractivity contribution in [2.24, 2.45) is 0 Å². The van der Waals surface area contributed by atoms with Crippen LogP contribution in [0, 0.1) is 13.8 Å². The first-order chi connectivity index (χ1) is 8.19. The number of hydrogen-bond donors (Lipinski definition) is 0. The van der Waals surface area contributed by atoms with E-state index in [0.717, 1.165) is 18.2 Å². The number of aryl methyl sites for hydroxylation is 3. The van der Waals surface area contributed by atoms with Crippen LogP contribution in [0.4, 0.5) is 0 Å². The molecule has 1 saturated carbocycles. The van der Waals surface area contributed by atoms with Crippen molar-refractivity contribution in [3.05, 3.63) is 22.3 Å². The molecule has 17 heavy (non-hydrogen) atoms. The fourth-order valence-corrected chi connectivity index (χ4v) is 2.99. The molecule has 0 spiro atoms. The zero-order valence-corrected chi connectivity index (χ0v) is 11.3. The van der Waals surface area contributed by atoms with E-state index in [-0.39, 0.29) is 0 Å². The van der Waals surface area contributed by atoms with E-state index in [1.54, 1.807) is 0 Å². The quantitative estimate of drug-likeness (QED) is 0.830. The van der Waals surface area contributed by atoms with Gasteiger partial charge >= 0.3 is 0 Å². The van der Waals surface area contributed by atoms with Crippen LogP contribution < -0.4 is 0 Å². The van der Waals surface area contributed by atoms with Crippen molar-refractivity contribution >= 4 is 11.3 Å². The SMILES string of the molecule is CCn1nc(C2CC2)nc1-c1cc(C)c(C)s1. The van der Waals surface area contributed by atoms with Crippen LogP contribution in [0.3, 0.4) is 0 Å². The van der Waals surface area contributed by atoms with Crippen molar-refractivity contribution in [3.8, 4) is 10.7 Å². The molecule has 3 rings (SSSR count). The molecule has 0 bridgehead atoms. The Morgan fingerprint density at radius 3 is 2.71 bits per heavy atom. The average molecular weight is 247 g/mol. The van der Waals surface area contributed by atoms with Crippen LogP contribution in [-0.2, 0) is 6.54 Å². The van der Waals surface area contributed by atoms with Gasteiger partial charge in [-0.3, -0.25) is 0 Å². The molecule has 0 amide bonds. The predicted octanol–water partition coefficient (Wildman–Crippen LogP) is 3.52. The van der Waals surface area contributed by atoms with Crippen LogP contribution in [0.25, 0.3) is 10.7 Å². The van der Waals surface area contributed by atoms with Crippen molar-refractivity contribution in [1.29, 1.82) is 0 Å². The molecule has 2 heterocycles. The van der Waals surface area contributed by atoms with E-state index >= 15 is 0 Å². The molecule has 2 aromatic rings. The molecule has 0 radical (unpaired) electrons. The summed E-state index contributed by atoms with van der Waals surface area (Å²) in [7, 11) is 0. The van der Waals surface area contributed by atoms with Gasteiger partial charge in [-0.25, -0.2) is 9.67 Å². The standard InChI is InChI=1S/C13H17N3S/c1-4-16-13(11-7-8(2)9(3)17-11)14-12(15-16)10-5-6-10/h7,10H,4-6H2,1-3H3. The Morgan fingerprint density at radius 1 is 1.41 bits per heavy atom. The van der Waals surface area contributed by atoms with E-state index in [0.29, 0.717) is 5.92 Å². The Bertz CT molecular complexity index is 530. The van der Waals surface area contributed by atoms with Gasteiger partial charge in [0.05, 0.1) is 4.88 Å². The van der Waals surface area contributed by atoms with Crippen LogP contribution in [0.5, 0.6) is 0 Å². The molecular formula is C13H17N3S. The summed E-state index contributed by atoms with van der Waals surface area (Å²) in [5.41, 5.74) is 1.35. The average Bonchev–Trinajstić information content (AvgIpc) is 2.99. The summed E-state index contributed by atoms with van der Waals surface area (Å²) in [4.78, 5) is 7.35. The van der Waals surface area contributed by atoms with Crippen molar-refractivity contribution in [3.63, 3.8) is 0 Å². The van der Waals surface area contributed by atoms with E-state index in [4.69, 9.17) is 4.98 Å². The minimum Gasteiger partial charge on any atom is -0.245 e. The summed E-state index contributed by atoms with van der Waals surface area (Å²) in [6.45, 7) is 7.34. The fourth-order valence-electron chi connectivity index (χ4n) is 1.96. The Morgan fingerprint density at radius 2 is 2.18 bits per heavy atom. The summed E-state index contributed by atoms with van der Waals surface area (Å²) in [5.74, 6) is 2.73. The number of rotatable bonds is 3. The largest absolute Gasteiger partial charge is 0.245 e. The molecule has 4 heteroatoms. The summed E-state index contributed by atoms with van der Waals surface area (Å²) in [6, 6.07) is 2.23. The van der Waals surface area contributed by atoms with Gasteiger partial charge in [0.2, 0.25) is 0 Å². The maximum Gasteiger partial charge on any atom is 0.168 e. The smallest absolute Gasteiger partial charge is 0.168 e. The highest BCUT2D eigenvalue weighted by Crippen LogP contribution is 2.39. The van der Waals surface area contributed by atoms with Gasteiger partial charge in [-0.2, -0.15) is 5.10 Å². The number of hydrogen-bond acceptors (Lipinski definition) is 3. The van der Waals surface area contributed by atoms with Crippen LogP contribution in [-0.4, -0.2) is 14.8 Å². The summed E-state index contributed by atoms with van der Waals surface area (Å²) in [5, 5.41) is 4.62. The minimum absolute atomic E-state index is 0.628. The number of thiophene rings is 1. The summed E-state index contributed by atoms with van der Waals surface area (Å²) < 4.78 is 2.04. The zero-order chi connectivity index (χ0) is 12.0. The second kappa shape index (κ2) is 3.95. The van der Waals surface area contributed by atoms with Gasteiger partial charge in [0.15, 0.2) is 11.6 Å². The molecule has 0 aromatic carbocycles. The van der Waals surface area contributed by atoms with Crippen molar-refractivity contribution in [2.75, 3.05) is 0 Å². The van der Waals surface area contributed by atoms with Crippen LogP contribution in [0.1, 0.15) is 41.9 Å². The molecule has 0 N–H and O–H groups in total. The molecule has 0 atom stereocenters. The van der Waals surface area contributed by atoms with Gasteiger partial charge in [0.1, 0.15) is 0 Å². The van der Waals surface area contributed by atoms with Crippen molar-refractivity contribution in [2.45, 2.75) is 46.1 Å². The van der Waals surface area contributed by atoms with Gasteiger partial charge < -0.3 is 0 Å². The number of nitrogens with zero attached hydrogens (tertiary/aromatic N) is 3. The lowest BCUT2D eigenvalue weighted by Gasteiger charge is -1.98. The predicted molar refractivity (Wildman–Crippen MR) is 70.5 cm³/mol. The maximum absolute atomic E-state index is 4.73. The van der Waals surface area contributed by atoms with Crippen LogP contribution in [0.2, 0.25) is 0 Å². The molecule has 1 fully saturated rings. The Labute approximate surface area is 106 Å². The third-order valence-electron chi connectivity index (χ3n) is 3.32. The second-order valence-corrected chi connectivity index (χ2v) is 5.99. The highest BCUT2D eigenvalue weighted by atomic mass is 32.1.